The van der Waals surface area contributed by atoms with Crippen molar-refractivity contribution in [3.8, 4) is 0 Å². The number of nitrogens with zero attached hydrogens (tertiary/aromatic N) is 1. The van der Waals surface area contributed by atoms with Crippen LogP contribution in [-0.4, -0.2) is 13.4 Å². The minimum Gasteiger partial charge on any atom is -0.446 e. The molecule has 8 heteroatoms. The van der Waals surface area contributed by atoms with Gasteiger partial charge in [-0.15, -0.1) is 11.3 Å². The van der Waals surface area contributed by atoms with E-state index in [1.165, 1.54) is 23.5 Å². The highest BCUT2D eigenvalue weighted by atomic mass is 32.2. The first-order valence-corrected chi connectivity index (χ1v) is 8.05. The largest absolute Gasteiger partial charge is 0.446 e. The van der Waals surface area contributed by atoms with Crippen LogP contribution in [0.1, 0.15) is 31.2 Å². The zero-order chi connectivity index (χ0) is 14.0. The molecule has 0 unspecified atom stereocenters. The minimum atomic E-state index is -3.74. The van der Waals surface area contributed by atoms with Crippen molar-refractivity contribution in [2.75, 3.05) is 4.72 Å². The standard InChI is InChI=1S/C11H15N3O3S2/c1-7(2)9-6-18-11(13-9)14-19(15,16)10-4-3-8(5-12)17-10/h3-4,6-7H,5,12H2,1-2H3,(H,13,14). The molecule has 0 saturated heterocycles. The van der Waals surface area contributed by atoms with Gasteiger partial charge >= 0.3 is 0 Å². The Morgan fingerprint density at radius 3 is 2.74 bits per heavy atom. The lowest BCUT2D eigenvalue weighted by molar-refractivity contribution is 0.417. The summed E-state index contributed by atoms with van der Waals surface area (Å²) in [7, 11) is -3.74. The average Bonchev–Trinajstić information content (AvgIpc) is 2.96. The zero-order valence-corrected chi connectivity index (χ0v) is 12.2. The number of thiazole rings is 1. The van der Waals surface area contributed by atoms with Crippen molar-refractivity contribution in [3.05, 3.63) is 29.0 Å². The van der Waals surface area contributed by atoms with Crippen LogP contribution < -0.4 is 10.5 Å². The Morgan fingerprint density at radius 1 is 1.47 bits per heavy atom. The highest BCUT2D eigenvalue weighted by Gasteiger charge is 2.20. The molecule has 0 aliphatic heterocycles. The summed E-state index contributed by atoms with van der Waals surface area (Å²) in [5, 5.41) is 2.00. The topological polar surface area (TPSA) is 98.2 Å². The Kier molecular flexibility index (Phi) is 3.93. The Hall–Kier alpha value is -1.38. The van der Waals surface area contributed by atoms with E-state index in [9.17, 15) is 8.42 Å². The molecule has 0 atom stereocenters. The van der Waals surface area contributed by atoms with Gasteiger partial charge in [-0.05, 0) is 18.1 Å². The van der Waals surface area contributed by atoms with E-state index < -0.39 is 10.0 Å². The van der Waals surface area contributed by atoms with Crippen molar-refractivity contribution in [2.45, 2.75) is 31.4 Å². The molecule has 3 N–H and O–H groups in total. The van der Waals surface area contributed by atoms with Gasteiger partial charge in [0.05, 0.1) is 12.2 Å². The summed E-state index contributed by atoms with van der Waals surface area (Å²) in [6.07, 6.45) is 0. The Bertz CT molecular complexity index is 658. The molecule has 0 spiro atoms. The van der Waals surface area contributed by atoms with Gasteiger partial charge in [0.15, 0.2) is 5.13 Å². The first-order chi connectivity index (χ1) is 8.92. The molecular formula is C11H15N3O3S2. The third-order valence-electron chi connectivity index (χ3n) is 2.44. The van der Waals surface area contributed by atoms with Gasteiger partial charge < -0.3 is 10.2 Å². The summed E-state index contributed by atoms with van der Waals surface area (Å²) in [5.41, 5.74) is 6.23. The van der Waals surface area contributed by atoms with E-state index in [2.05, 4.69) is 9.71 Å². The maximum absolute atomic E-state index is 12.0. The van der Waals surface area contributed by atoms with Gasteiger partial charge in [-0.3, -0.25) is 4.72 Å². The van der Waals surface area contributed by atoms with Crippen molar-refractivity contribution < 1.29 is 12.8 Å². The van der Waals surface area contributed by atoms with Crippen LogP contribution in [-0.2, 0) is 16.6 Å². The second-order valence-electron chi connectivity index (χ2n) is 4.26. The fraction of sp³-hybridized carbons (Fsp3) is 0.364. The second kappa shape index (κ2) is 5.32. The van der Waals surface area contributed by atoms with Crippen LogP contribution in [0.15, 0.2) is 27.0 Å². The molecule has 0 fully saturated rings. The number of hydrogen-bond acceptors (Lipinski definition) is 6. The number of anilines is 1. The second-order valence-corrected chi connectivity index (χ2v) is 6.73. The van der Waals surface area contributed by atoms with E-state index in [-0.39, 0.29) is 17.6 Å². The summed E-state index contributed by atoms with van der Waals surface area (Å²) in [5.74, 6) is 0.671. The van der Waals surface area contributed by atoms with Crippen molar-refractivity contribution >= 4 is 26.5 Å². The zero-order valence-electron chi connectivity index (χ0n) is 10.6. The smallest absolute Gasteiger partial charge is 0.297 e. The Balaban J connectivity index is 2.20. The molecule has 2 aromatic heterocycles. The third kappa shape index (κ3) is 3.14. The van der Waals surface area contributed by atoms with E-state index in [4.69, 9.17) is 10.2 Å². The maximum Gasteiger partial charge on any atom is 0.297 e. The molecule has 104 valence electrons. The number of aromatic nitrogens is 1. The highest BCUT2D eigenvalue weighted by molar-refractivity contribution is 7.92. The molecule has 0 aromatic carbocycles. The molecular weight excluding hydrogens is 286 g/mol. The quantitative estimate of drug-likeness (QED) is 0.881. The maximum atomic E-state index is 12.0. The lowest BCUT2D eigenvalue weighted by Gasteiger charge is -2.02. The number of furan rings is 1. The first-order valence-electron chi connectivity index (χ1n) is 5.69. The monoisotopic (exact) mass is 301 g/mol. The number of rotatable bonds is 5. The third-order valence-corrected chi connectivity index (χ3v) is 4.55. The van der Waals surface area contributed by atoms with E-state index in [0.29, 0.717) is 10.9 Å². The van der Waals surface area contributed by atoms with Gasteiger partial charge in [0.2, 0.25) is 5.09 Å². The van der Waals surface area contributed by atoms with Crippen LogP contribution >= 0.6 is 11.3 Å². The van der Waals surface area contributed by atoms with Crippen LogP contribution in [0, 0.1) is 0 Å². The lowest BCUT2D eigenvalue weighted by Crippen LogP contribution is -2.12. The number of nitrogens with two attached hydrogens (primary N) is 1. The normalized spacial score (nSPS) is 12.0. The van der Waals surface area contributed by atoms with Crippen molar-refractivity contribution in [2.24, 2.45) is 5.73 Å². The van der Waals surface area contributed by atoms with E-state index in [1.54, 1.807) is 0 Å². The molecule has 0 aliphatic rings. The average molecular weight is 301 g/mol. The van der Waals surface area contributed by atoms with Crippen LogP contribution in [0.4, 0.5) is 5.13 Å². The SMILES string of the molecule is CC(C)c1csc(NS(=O)(=O)c2ccc(CN)o2)n1. The Labute approximate surface area is 115 Å². The molecule has 2 rings (SSSR count). The molecule has 0 amide bonds. The van der Waals surface area contributed by atoms with Crippen molar-refractivity contribution in [1.82, 2.24) is 4.98 Å². The summed E-state index contributed by atoms with van der Waals surface area (Å²) in [4.78, 5) is 4.21. The Morgan fingerprint density at radius 2 is 2.21 bits per heavy atom. The molecule has 0 aliphatic carbocycles. The van der Waals surface area contributed by atoms with E-state index in [1.807, 2.05) is 19.2 Å². The minimum absolute atomic E-state index is 0.157. The summed E-state index contributed by atoms with van der Waals surface area (Å²) in [6, 6.07) is 2.91. The van der Waals surface area contributed by atoms with Crippen molar-refractivity contribution in [3.63, 3.8) is 0 Å². The van der Waals surface area contributed by atoms with Gasteiger partial charge in [0.25, 0.3) is 10.0 Å². The molecule has 2 aromatic rings. The van der Waals surface area contributed by atoms with Crippen LogP contribution in [0.3, 0.4) is 0 Å². The molecule has 19 heavy (non-hydrogen) atoms. The summed E-state index contributed by atoms with van der Waals surface area (Å²) in [6.45, 7) is 4.14. The first kappa shape index (κ1) is 14.0. The molecule has 0 radical (unpaired) electrons. The van der Waals surface area contributed by atoms with Crippen LogP contribution in [0.25, 0.3) is 0 Å². The van der Waals surface area contributed by atoms with Gasteiger partial charge in [0, 0.05) is 5.38 Å². The fourth-order valence-electron chi connectivity index (χ4n) is 1.38. The molecule has 0 saturated carbocycles. The van der Waals surface area contributed by atoms with Gasteiger partial charge in [-0.25, -0.2) is 4.98 Å². The molecule has 2 heterocycles. The fourth-order valence-corrected chi connectivity index (χ4v) is 3.45. The van der Waals surface area contributed by atoms with E-state index >= 15 is 0 Å². The van der Waals surface area contributed by atoms with Gasteiger partial charge in [-0.1, -0.05) is 13.8 Å². The number of nitrogens with one attached hydrogen (secondary N) is 1. The molecule has 0 bridgehead atoms. The van der Waals surface area contributed by atoms with Crippen LogP contribution in [0.5, 0.6) is 0 Å². The van der Waals surface area contributed by atoms with Gasteiger partial charge in [0.1, 0.15) is 5.76 Å². The van der Waals surface area contributed by atoms with Crippen molar-refractivity contribution in [1.29, 1.82) is 0 Å². The highest BCUT2D eigenvalue weighted by Crippen LogP contribution is 2.24. The predicted octanol–water partition coefficient (Wildman–Crippen LogP) is 2.12. The van der Waals surface area contributed by atoms with E-state index in [0.717, 1.165) is 5.69 Å². The van der Waals surface area contributed by atoms with Gasteiger partial charge in [-0.2, -0.15) is 8.42 Å². The summed E-state index contributed by atoms with van der Waals surface area (Å²) >= 11 is 1.24. The number of sulfonamides is 1. The van der Waals surface area contributed by atoms with Crippen LogP contribution in [0.2, 0.25) is 0 Å². The lowest BCUT2D eigenvalue weighted by atomic mass is 10.2. The molecule has 6 nitrogen and oxygen atoms in total. The summed E-state index contributed by atoms with van der Waals surface area (Å²) < 4.78 is 31.6. The number of hydrogen-bond donors (Lipinski definition) is 2. The predicted molar refractivity (Wildman–Crippen MR) is 73.6 cm³/mol.